The van der Waals surface area contributed by atoms with E-state index in [2.05, 4.69) is 5.32 Å². The minimum absolute atomic E-state index is 0.0325. The van der Waals surface area contributed by atoms with Gasteiger partial charge in [-0.25, -0.2) is 4.39 Å². The maximum absolute atomic E-state index is 13.4. The summed E-state index contributed by atoms with van der Waals surface area (Å²) in [5, 5.41) is 3.06. The number of anilines is 2. The number of hydrogen-bond donors (Lipinski definition) is 2. The third-order valence-electron chi connectivity index (χ3n) is 2.59. The first kappa shape index (κ1) is 13.4. The molecule has 0 saturated heterocycles. The highest BCUT2D eigenvalue weighted by Gasteiger charge is 2.08. The van der Waals surface area contributed by atoms with Crippen molar-refractivity contribution < 1.29 is 9.18 Å². The van der Waals surface area contributed by atoms with E-state index in [0.29, 0.717) is 22.0 Å². The van der Waals surface area contributed by atoms with Gasteiger partial charge in [-0.05, 0) is 29.8 Å². The number of rotatable bonds is 3. The molecule has 2 aromatic rings. The average Bonchev–Trinajstić information content (AvgIpc) is 2.37. The molecule has 3 N–H and O–H groups in total. The van der Waals surface area contributed by atoms with Gasteiger partial charge in [0.2, 0.25) is 5.91 Å². The van der Waals surface area contributed by atoms with Crippen molar-refractivity contribution in [3.63, 3.8) is 0 Å². The molecule has 0 radical (unpaired) electrons. The van der Waals surface area contributed by atoms with Crippen molar-refractivity contribution in [3.8, 4) is 0 Å². The summed E-state index contributed by atoms with van der Waals surface area (Å²) >= 11 is 5.78. The van der Waals surface area contributed by atoms with Crippen molar-refractivity contribution in [3.05, 3.63) is 58.9 Å². The van der Waals surface area contributed by atoms with Crippen LogP contribution in [0.2, 0.25) is 5.02 Å². The van der Waals surface area contributed by atoms with Crippen LogP contribution in [0.4, 0.5) is 15.8 Å². The molecule has 0 aliphatic heterocycles. The van der Waals surface area contributed by atoms with E-state index in [1.54, 1.807) is 36.4 Å². The van der Waals surface area contributed by atoms with Crippen molar-refractivity contribution in [1.29, 1.82) is 0 Å². The summed E-state index contributed by atoms with van der Waals surface area (Å²) in [6.45, 7) is 0. The molecule has 0 bridgehead atoms. The third kappa shape index (κ3) is 3.45. The van der Waals surface area contributed by atoms with Gasteiger partial charge in [0.25, 0.3) is 0 Å². The SMILES string of the molecule is Nc1cc(NC(=O)Cc2ccccc2F)ccc1Cl. The predicted octanol–water partition coefficient (Wildman–Crippen LogP) is 3.24. The molecule has 19 heavy (non-hydrogen) atoms. The Morgan fingerprint density at radius 3 is 2.68 bits per heavy atom. The number of nitrogens with one attached hydrogen (secondary N) is 1. The molecule has 1 amide bonds. The van der Waals surface area contributed by atoms with Crippen LogP contribution in [-0.4, -0.2) is 5.91 Å². The molecule has 98 valence electrons. The molecule has 3 nitrogen and oxygen atoms in total. The first-order valence-corrected chi connectivity index (χ1v) is 6.02. The number of nitrogen functional groups attached to an aromatic ring is 1. The molecule has 0 aliphatic rings. The van der Waals surface area contributed by atoms with E-state index in [4.69, 9.17) is 17.3 Å². The molecular formula is C14H12ClFN2O. The fraction of sp³-hybridized carbons (Fsp3) is 0.0714. The van der Waals surface area contributed by atoms with Gasteiger partial charge in [0, 0.05) is 5.69 Å². The van der Waals surface area contributed by atoms with Gasteiger partial charge >= 0.3 is 0 Å². The van der Waals surface area contributed by atoms with Crippen LogP contribution < -0.4 is 11.1 Å². The van der Waals surface area contributed by atoms with E-state index in [9.17, 15) is 9.18 Å². The topological polar surface area (TPSA) is 55.1 Å². The molecule has 2 aromatic carbocycles. The fourth-order valence-corrected chi connectivity index (χ4v) is 1.76. The quantitative estimate of drug-likeness (QED) is 0.847. The maximum Gasteiger partial charge on any atom is 0.228 e. The van der Waals surface area contributed by atoms with Crippen molar-refractivity contribution >= 4 is 28.9 Å². The normalized spacial score (nSPS) is 10.2. The summed E-state index contributed by atoms with van der Waals surface area (Å²) in [4.78, 5) is 11.8. The van der Waals surface area contributed by atoms with Gasteiger partial charge in [-0.2, -0.15) is 0 Å². The maximum atomic E-state index is 13.4. The Morgan fingerprint density at radius 2 is 2.00 bits per heavy atom. The van der Waals surface area contributed by atoms with Crippen molar-refractivity contribution in [1.82, 2.24) is 0 Å². The van der Waals surface area contributed by atoms with E-state index in [1.165, 1.54) is 6.07 Å². The highest BCUT2D eigenvalue weighted by molar-refractivity contribution is 6.33. The monoisotopic (exact) mass is 278 g/mol. The Balaban J connectivity index is 2.05. The van der Waals surface area contributed by atoms with E-state index < -0.39 is 5.82 Å². The molecule has 0 spiro atoms. The third-order valence-corrected chi connectivity index (χ3v) is 2.93. The molecule has 0 aromatic heterocycles. The largest absolute Gasteiger partial charge is 0.397 e. The van der Waals surface area contributed by atoms with Crippen molar-refractivity contribution in [2.24, 2.45) is 0 Å². The highest BCUT2D eigenvalue weighted by atomic mass is 35.5. The summed E-state index contributed by atoms with van der Waals surface area (Å²) < 4.78 is 13.4. The lowest BCUT2D eigenvalue weighted by molar-refractivity contribution is -0.115. The average molecular weight is 279 g/mol. The van der Waals surface area contributed by atoms with Gasteiger partial charge < -0.3 is 11.1 Å². The summed E-state index contributed by atoms with van der Waals surface area (Å²) in [5.41, 5.74) is 6.89. The van der Waals surface area contributed by atoms with Crippen LogP contribution in [0.25, 0.3) is 0 Å². The van der Waals surface area contributed by atoms with Gasteiger partial charge in [-0.1, -0.05) is 29.8 Å². The minimum atomic E-state index is -0.395. The van der Waals surface area contributed by atoms with Crippen molar-refractivity contribution in [2.45, 2.75) is 6.42 Å². The van der Waals surface area contributed by atoms with Crippen LogP contribution in [0.1, 0.15) is 5.56 Å². The van der Waals surface area contributed by atoms with Crippen LogP contribution in [0, 0.1) is 5.82 Å². The first-order valence-electron chi connectivity index (χ1n) is 5.64. The lowest BCUT2D eigenvalue weighted by Crippen LogP contribution is -2.15. The van der Waals surface area contributed by atoms with Crippen molar-refractivity contribution in [2.75, 3.05) is 11.1 Å². The minimum Gasteiger partial charge on any atom is -0.397 e. The van der Waals surface area contributed by atoms with Crippen LogP contribution in [0.3, 0.4) is 0 Å². The zero-order valence-corrected chi connectivity index (χ0v) is 10.7. The zero-order valence-electron chi connectivity index (χ0n) is 9.99. The smallest absolute Gasteiger partial charge is 0.228 e. The Morgan fingerprint density at radius 1 is 1.26 bits per heavy atom. The highest BCUT2D eigenvalue weighted by Crippen LogP contribution is 2.22. The summed E-state index contributed by atoms with van der Waals surface area (Å²) in [5.74, 6) is -0.708. The standard InChI is InChI=1S/C14H12ClFN2O/c15-11-6-5-10(8-13(11)17)18-14(19)7-9-3-1-2-4-12(9)16/h1-6,8H,7,17H2,(H,18,19). The second-order valence-corrected chi connectivity index (χ2v) is 4.46. The Hall–Kier alpha value is -2.07. The van der Waals surface area contributed by atoms with Gasteiger partial charge in [-0.3, -0.25) is 4.79 Å². The van der Waals surface area contributed by atoms with Crippen LogP contribution in [0.5, 0.6) is 0 Å². The predicted molar refractivity (Wildman–Crippen MR) is 74.6 cm³/mol. The van der Waals surface area contributed by atoms with Gasteiger partial charge in [0.15, 0.2) is 0 Å². The number of benzene rings is 2. The van der Waals surface area contributed by atoms with E-state index in [0.717, 1.165) is 0 Å². The zero-order chi connectivity index (χ0) is 13.8. The molecule has 0 saturated carbocycles. The molecule has 0 heterocycles. The number of hydrogen-bond acceptors (Lipinski definition) is 2. The first-order chi connectivity index (χ1) is 9.06. The molecule has 0 unspecified atom stereocenters. The number of carbonyl (C=O) groups is 1. The van der Waals surface area contributed by atoms with E-state index in [-0.39, 0.29) is 12.3 Å². The Labute approximate surface area is 115 Å². The number of carbonyl (C=O) groups excluding carboxylic acids is 1. The molecule has 5 heteroatoms. The summed E-state index contributed by atoms with van der Waals surface area (Å²) in [6.07, 6.45) is -0.0325. The van der Waals surface area contributed by atoms with E-state index in [1.807, 2.05) is 0 Å². The van der Waals surface area contributed by atoms with Gasteiger partial charge in [0.05, 0.1) is 17.1 Å². The second kappa shape index (κ2) is 5.71. The number of halogens is 2. The van der Waals surface area contributed by atoms with Gasteiger partial charge in [-0.15, -0.1) is 0 Å². The lowest BCUT2D eigenvalue weighted by atomic mass is 10.1. The molecular weight excluding hydrogens is 267 g/mol. The van der Waals surface area contributed by atoms with Crippen LogP contribution >= 0.6 is 11.6 Å². The van der Waals surface area contributed by atoms with Crippen LogP contribution in [-0.2, 0) is 11.2 Å². The molecule has 0 aliphatic carbocycles. The van der Waals surface area contributed by atoms with Crippen LogP contribution in [0.15, 0.2) is 42.5 Å². The van der Waals surface area contributed by atoms with Gasteiger partial charge in [0.1, 0.15) is 5.82 Å². The van der Waals surface area contributed by atoms with E-state index >= 15 is 0 Å². The number of amides is 1. The lowest BCUT2D eigenvalue weighted by Gasteiger charge is -2.07. The second-order valence-electron chi connectivity index (χ2n) is 4.05. The Bertz CT molecular complexity index is 616. The Kier molecular flexibility index (Phi) is 4.02. The number of nitrogens with two attached hydrogens (primary N) is 1. The fourth-order valence-electron chi connectivity index (χ4n) is 1.64. The molecule has 2 rings (SSSR count). The molecule has 0 fully saturated rings. The summed E-state index contributed by atoms with van der Waals surface area (Å²) in [7, 11) is 0. The molecule has 0 atom stereocenters. The summed E-state index contributed by atoms with van der Waals surface area (Å²) in [6, 6.07) is 11.0.